The van der Waals surface area contributed by atoms with Gasteiger partial charge in [0.2, 0.25) is 0 Å². The maximum atomic E-state index is 4.71. The molecule has 0 bridgehead atoms. The van der Waals surface area contributed by atoms with E-state index in [0.717, 1.165) is 5.82 Å². The quantitative estimate of drug-likeness (QED) is 0.818. The summed E-state index contributed by atoms with van der Waals surface area (Å²) in [5.41, 5.74) is 2.59. The minimum Gasteiger partial charge on any atom is -0.363 e. The van der Waals surface area contributed by atoms with Crippen LogP contribution in [-0.2, 0) is 0 Å². The summed E-state index contributed by atoms with van der Waals surface area (Å²) in [6, 6.07) is 5.58. The van der Waals surface area contributed by atoms with Crippen LogP contribution in [0.2, 0.25) is 0 Å². The summed E-state index contributed by atoms with van der Waals surface area (Å²) in [6.07, 6.45) is 2.57. The molecule has 1 aromatic heterocycles. The Labute approximate surface area is 111 Å². The van der Waals surface area contributed by atoms with Crippen molar-refractivity contribution in [1.29, 1.82) is 0 Å². The predicted molar refractivity (Wildman–Crippen MR) is 77.1 cm³/mol. The summed E-state index contributed by atoms with van der Waals surface area (Å²) in [7, 11) is 4.08. The van der Waals surface area contributed by atoms with E-state index in [9.17, 15) is 0 Å². The van der Waals surface area contributed by atoms with E-state index in [2.05, 4.69) is 42.7 Å². The average molecular weight is 247 g/mol. The third-order valence-corrected chi connectivity index (χ3v) is 3.89. The lowest BCUT2D eigenvalue weighted by molar-refractivity contribution is 0.204. The number of anilines is 1. The van der Waals surface area contributed by atoms with Gasteiger partial charge in [0.05, 0.1) is 0 Å². The van der Waals surface area contributed by atoms with Gasteiger partial charge in [0, 0.05) is 31.9 Å². The Bertz CT molecular complexity index is 412. The lowest BCUT2D eigenvalue weighted by Gasteiger charge is -2.29. The summed E-state index contributed by atoms with van der Waals surface area (Å²) in [6.45, 7) is 7.93. The minimum absolute atomic E-state index is 0.564. The fraction of sp³-hybridized carbons (Fsp3) is 0.667. The first-order valence-electron chi connectivity index (χ1n) is 6.91. The molecule has 2 rings (SSSR count). The van der Waals surface area contributed by atoms with Gasteiger partial charge in [0.25, 0.3) is 0 Å². The smallest absolute Gasteiger partial charge is 0.128 e. The highest BCUT2D eigenvalue weighted by Crippen LogP contribution is 2.35. The van der Waals surface area contributed by atoms with Gasteiger partial charge in [-0.25, -0.2) is 4.98 Å². The standard InChI is InChI=1S/C15H25N3/c1-11(2)18-10-6-7-14(18)13-8-9-15(17(4)5)16-12(13)3/h8-9,11,14H,6-7,10H2,1-5H3. The molecule has 1 aromatic rings. The van der Waals surface area contributed by atoms with Crippen molar-refractivity contribution in [3.63, 3.8) is 0 Å². The van der Waals surface area contributed by atoms with Crippen molar-refractivity contribution in [3.05, 3.63) is 23.4 Å². The second-order valence-electron chi connectivity index (χ2n) is 5.73. The van der Waals surface area contributed by atoms with Crippen molar-refractivity contribution < 1.29 is 0 Å². The largest absolute Gasteiger partial charge is 0.363 e. The van der Waals surface area contributed by atoms with Gasteiger partial charge in [0.15, 0.2) is 0 Å². The van der Waals surface area contributed by atoms with E-state index in [-0.39, 0.29) is 0 Å². The maximum absolute atomic E-state index is 4.71. The molecule has 1 unspecified atom stereocenters. The summed E-state index contributed by atoms with van der Waals surface area (Å²) in [5, 5.41) is 0. The molecule has 0 N–H and O–H groups in total. The third-order valence-electron chi connectivity index (χ3n) is 3.89. The molecule has 0 saturated carbocycles. The van der Waals surface area contributed by atoms with Crippen LogP contribution < -0.4 is 4.90 Å². The van der Waals surface area contributed by atoms with Crippen molar-refractivity contribution in [2.24, 2.45) is 0 Å². The molecule has 0 amide bonds. The number of hydrogen-bond acceptors (Lipinski definition) is 3. The monoisotopic (exact) mass is 247 g/mol. The van der Waals surface area contributed by atoms with Crippen molar-refractivity contribution in [2.45, 2.75) is 45.7 Å². The van der Waals surface area contributed by atoms with Crippen LogP contribution in [-0.4, -0.2) is 36.6 Å². The molecule has 3 heteroatoms. The van der Waals surface area contributed by atoms with Crippen LogP contribution in [0, 0.1) is 6.92 Å². The van der Waals surface area contributed by atoms with Crippen LogP contribution in [0.1, 0.15) is 44.0 Å². The minimum atomic E-state index is 0.564. The molecule has 100 valence electrons. The molecule has 1 aliphatic rings. The summed E-state index contributed by atoms with van der Waals surface area (Å²) < 4.78 is 0. The lowest BCUT2D eigenvalue weighted by Crippen LogP contribution is -2.30. The number of aryl methyl sites for hydroxylation is 1. The first-order chi connectivity index (χ1) is 8.50. The topological polar surface area (TPSA) is 19.4 Å². The molecule has 1 atom stereocenters. The van der Waals surface area contributed by atoms with Crippen molar-refractivity contribution >= 4 is 5.82 Å². The predicted octanol–water partition coefficient (Wildman–Crippen LogP) is 3.00. The zero-order chi connectivity index (χ0) is 13.3. The highest BCUT2D eigenvalue weighted by Gasteiger charge is 2.29. The molecule has 3 nitrogen and oxygen atoms in total. The number of nitrogens with zero attached hydrogens (tertiary/aromatic N) is 3. The van der Waals surface area contributed by atoms with Crippen LogP contribution >= 0.6 is 0 Å². The van der Waals surface area contributed by atoms with Crippen LogP contribution in [0.3, 0.4) is 0 Å². The number of aromatic nitrogens is 1. The van der Waals surface area contributed by atoms with Crippen molar-refractivity contribution in [2.75, 3.05) is 25.5 Å². The maximum Gasteiger partial charge on any atom is 0.128 e. The molecule has 2 heterocycles. The Hall–Kier alpha value is -1.09. The molecule has 0 aliphatic carbocycles. The van der Waals surface area contributed by atoms with Gasteiger partial charge in [-0.05, 0) is 51.8 Å². The van der Waals surface area contributed by atoms with E-state index in [1.165, 1.54) is 30.6 Å². The molecule has 1 saturated heterocycles. The molecule has 1 fully saturated rings. The van der Waals surface area contributed by atoms with Crippen molar-refractivity contribution in [1.82, 2.24) is 9.88 Å². The van der Waals surface area contributed by atoms with Gasteiger partial charge in [-0.2, -0.15) is 0 Å². The van der Waals surface area contributed by atoms with Crippen molar-refractivity contribution in [3.8, 4) is 0 Å². The van der Waals surface area contributed by atoms with E-state index in [0.29, 0.717) is 12.1 Å². The Kier molecular flexibility index (Phi) is 3.91. The van der Waals surface area contributed by atoms with Crippen LogP contribution in [0.4, 0.5) is 5.82 Å². The third kappa shape index (κ3) is 2.51. The fourth-order valence-corrected chi connectivity index (χ4v) is 2.90. The lowest BCUT2D eigenvalue weighted by atomic mass is 10.0. The SMILES string of the molecule is Cc1nc(N(C)C)ccc1C1CCCN1C(C)C. The molecule has 1 aliphatic heterocycles. The van der Waals surface area contributed by atoms with Gasteiger partial charge >= 0.3 is 0 Å². The Morgan fingerprint density at radius 3 is 2.61 bits per heavy atom. The number of likely N-dealkylation sites (tertiary alicyclic amines) is 1. The molecule has 18 heavy (non-hydrogen) atoms. The van der Waals surface area contributed by atoms with Gasteiger partial charge in [0.1, 0.15) is 5.82 Å². The molecule has 0 radical (unpaired) electrons. The van der Waals surface area contributed by atoms with E-state index >= 15 is 0 Å². The number of hydrogen-bond donors (Lipinski definition) is 0. The van der Waals surface area contributed by atoms with Gasteiger partial charge in [-0.15, -0.1) is 0 Å². The second-order valence-corrected chi connectivity index (χ2v) is 5.73. The van der Waals surface area contributed by atoms with E-state index < -0.39 is 0 Å². The normalized spacial score (nSPS) is 20.7. The van der Waals surface area contributed by atoms with Crippen LogP contribution in [0.25, 0.3) is 0 Å². The second kappa shape index (κ2) is 5.27. The van der Waals surface area contributed by atoms with Gasteiger partial charge in [-0.1, -0.05) is 6.07 Å². The van der Waals surface area contributed by atoms with Gasteiger partial charge in [-0.3, -0.25) is 4.90 Å². The fourth-order valence-electron chi connectivity index (χ4n) is 2.90. The zero-order valence-electron chi connectivity index (χ0n) is 12.3. The number of pyridine rings is 1. The zero-order valence-corrected chi connectivity index (χ0v) is 12.3. The van der Waals surface area contributed by atoms with E-state index in [4.69, 9.17) is 4.98 Å². The molecule has 0 spiro atoms. The highest BCUT2D eigenvalue weighted by molar-refractivity contribution is 5.41. The van der Waals surface area contributed by atoms with E-state index in [1.807, 2.05) is 14.1 Å². The van der Waals surface area contributed by atoms with E-state index in [1.54, 1.807) is 0 Å². The number of rotatable bonds is 3. The Morgan fingerprint density at radius 2 is 2.06 bits per heavy atom. The van der Waals surface area contributed by atoms with Crippen LogP contribution in [0.5, 0.6) is 0 Å². The Balaban J connectivity index is 2.28. The molecular formula is C15H25N3. The van der Waals surface area contributed by atoms with Crippen LogP contribution in [0.15, 0.2) is 12.1 Å². The first-order valence-corrected chi connectivity index (χ1v) is 6.91. The Morgan fingerprint density at radius 1 is 1.33 bits per heavy atom. The summed E-state index contributed by atoms with van der Waals surface area (Å²) >= 11 is 0. The van der Waals surface area contributed by atoms with Gasteiger partial charge < -0.3 is 4.90 Å². The highest BCUT2D eigenvalue weighted by atomic mass is 15.2. The summed E-state index contributed by atoms with van der Waals surface area (Å²) in [5.74, 6) is 1.05. The first kappa shape index (κ1) is 13.3. The average Bonchev–Trinajstić information content (AvgIpc) is 2.77. The molecule has 0 aromatic carbocycles. The molecular weight excluding hydrogens is 222 g/mol. The summed E-state index contributed by atoms with van der Waals surface area (Å²) in [4.78, 5) is 9.37.